The second-order valence-corrected chi connectivity index (χ2v) is 3.63. The lowest BCUT2D eigenvalue weighted by molar-refractivity contribution is 0.138. The summed E-state index contributed by atoms with van der Waals surface area (Å²) in [5.74, 6) is 0. The summed E-state index contributed by atoms with van der Waals surface area (Å²) in [6.45, 7) is 2.87. The zero-order valence-electron chi connectivity index (χ0n) is 7.01. The Balaban J connectivity index is 4.82. The van der Waals surface area contributed by atoms with Crippen LogP contribution in [0.2, 0.25) is 0 Å². The molecule has 0 heterocycles. The first kappa shape index (κ1) is 11.2. The zero-order valence-corrected chi connectivity index (χ0v) is 7.83. The van der Waals surface area contributed by atoms with Gasteiger partial charge in [-0.05, 0) is 13.8 Å². The lowest BCUT2D eigenvalue weighted by atomic mass is 10.4. The van der Waals surface area contributed by atoms with E-state index in [0.29, 0.717) is 0 Å². The highest BCUT2D eigenvalue weighted by Gasteiger charge is 2.28. The third-order valence-electron chi connectivity index (χ3n) is 1.07. The summed E-state index contributed by atoms with van der Waals surface area (Å²) in [7, 11) is -3.49. The van der Waals surface area contributed by atoms with E-state index in [2.05, 4.69) is 4.74 Å². The van der Waals surface area contributed by atoms with Crippen LogP contribution in [0.3, 0.4) is 0 Å². The molecule has 0 rings (SSSR count). The highest BCUT2D eigenvalue weighted by Crippen LogP contribution is 2.06. The van der Waals surface area contributed by atoms with Gasteiger partial charge in [0.2, 0.25) is 0 Å². The summed E-state index contributed by atoms with van der Waals surface area (Å²) in [5.41, 5.74) is 0. The number of ether oxygens (including phenoxy) is 1. The standard InChI is InChI=1S/C5H11NO5S/c1-4(2)6(5(7)11-3)12(8,9)10/h4H,1-3H3,(H,8,9,10). The Morgan fingerprint density at radius 1 is 1.50 bits per heavy atom. The van der Waals surface area contributed by atoms with Crippen molar-refractivity contribution in [3.05, 3.63) is 0 Å². The van der Waals surface area contributed by atoms with Crippen LogP contribution in [-0.4, -0.2) is 36.5 Å². The average molecular weight is 197 g/mol. The number of hydrogen-bond donors (Lipinski definition) is 1. The van der Waals surface area contributed by atoms with E-state index < -0.39 is 22.4 Å². The van der Waals surface area contributed by atoms with Gasteiger partial charge < -0.3 is 4.74 Å². The van der Waals surface area contributed by atoms with E-state index in [1.54, 1.807) is 0 Å². The van der Waals surface area contributed by atoms with Crippen molar-refractivity contribution in [1.82, 2.24) is 4.31 Å². The fraction of sp³-hybridized carbons (Fsp3) is 0.800. The molecule has 0 atom stereocenters. The lowest BCUT2D eigenvalue weighted by Gasteiger charge is -2.20. The second kappa shape index (κ2) is 3.72. The van der Waals surface area contributed by atoms with E-state index in [-0.39, 0.29) is 4.31 Å². The Morgan fingerprint density at radius 2 is 1.92 bits per heavy atom. The number of methoxy groups -OCH3 is 1. The number of amides is 1. The molecule has 0 aromatic carbocycles. The maximum absolute atomic E-state index is 10.8. The van der Waals surface area contributed by atoms with Crippen molar-refractivity contribution in [1.29, 1.82) is 0 Å². The molecule has 1 amide bonds. The summed E-state index contributed by atoms with van der Waals surface area (Å²) in [6.07, 6.45) is -1.10. The van der Waals surface area contributed by atoms with Gasteiger partial charge >= 0.3 is 16.4 Å². The van der Waals surface area contributed by atoms with Gasteiger partial charge in [-0.1, -0.05) is 0 Å². The number of carbonyl (C=O) groups is 1. The highest BCUT2D eigenvalue weighted by atomic mass is 32.2. The molecule has 0 aliphatic rings. The number of nitrogens with zero attached hydrogens (tertiary/aromatic N) is 1. The normalized spacial score (nSPS) is 11.4. The van der Waals surface area contributed by atoms with E-state index in [1.165, 1.54) is 13.8 Å². The van der Waals surface area contributed by atoms with Crippen LogP contribution in [-0.2, 0) is 15.0 Å². The van der Waals surface area contributed by atoms with E-state index in [9.17, 15) is 13.2 Å². The summed E-state index contributed by atoms with van der Waals surface area (Å²) in [4.78, 5) is 10.8. The summed E-state index contributed by atoms with van der Waals surface area (Å²) in [6, 6.07) is -0.674. The van der Waals surface area contributed by atoms with Gasteiger partial charge in [0.25, 0.3) is 0 Å². The Bertz CT molecular complexity index is 257. The third-order valence-corrected chi connectivity index (χ3v) is 2.14. The molecule has 72 valence electrons. The second-order valence-electron chi connectivity index (χ2n) is 2.34. The quantitative estimate of drug-likeness (QED) is 0.642. The van der Waals surface area contributed by atoms with Gasteiger partial charge in [0, 0.05) is 6.04 Å². The van der Waals surface area contributed by atoms with Crippen LogP contribution in [0, 0.1) is 0 Å². The Labute approximate surface area is 71.0 Å². The molecule has 0 spiro atoms. The minimum Gasteiger partial charge on any atom is -0.452 e. The fourth-order valence-corrected chi connectivity index (χ4v) is 1.46. The van der Waals surface area contributed by atoms with Gasteiger partial charge in [0.15, 0.2) is 0 Å². The maximum atomic E-state index is 10.8. The van der Waals surface area contributed by atoms with Crippen molar-refractivity contribution in [2.45, 2.75) is 19.9 Å². The molecule has 12 heavy (non-hydrogen) atoms. The van der Waals surface area contributed by atoms with Crippen LogP contribution in [0.15, 0.2) is 0 Å². The number of carbonyl (C=O) groups excluding carboxylic acids is 1. The van der Waals surface area contributed by atoms with Crippen LogP contribution in [0.1, 0.15) is 13.8 Å². The summed E-state index contributed by atoms with van der Waals surface area (Å²) in [5, 5.41) is 0. The van der Waals surface area contributed by atoms with Gasteiger partial charge in [0.1, 0.15) is 0 Å². The van der Waals surface area contributed by atoms with Crippen LogP contribution >= 0.6 is 0 Å². The predicted molar refractivity (Wildman–Crippen MR) is 40.9 cm³/mol. The van der Waals surface area contributed by atoms with Gasteiger partial charge in [-0.2, -0.15) is 12.7 Å². The van der Waals surface area contributed by atoms with Gasteiger partial charge in [-0.15, -0.1) is 0 Å². The molecule has 0 saturated heterocycles. The van der Waals surface area contributed by atoms with Crippen molar-refractivity contribution in [3.63, 3.8) is 0 Å². The van der Waals surface area contributed by atoms with Crippen molar-refractivity contribution >= 4 is 16.4 Å². The molecular weight excluding hydrogens is 186 g/mol. The first-order chi connectivity index (χ1) is 5.30. The molecule has 0 bridgehead atoms. The van der Waals surface area contributed by atoms with Crippen LogP contribution in [0.4, 0.5) is 4.79 Å². The zero-order chi connectivity index (χ0) is 9.94. The van der Waals surface area contributed by atoms with Gasteiger partial charge in [-0.3, -0.25) is 4.55 Å². The third kappa shape index (κ3) is 2.67. The monoisotopic (exact) mass is 197 g/mol. The van der Waals surface area contributed by atoms with Crippen LogP contribution in [0.5, 0.6) is 0 Å². The minimum atomic E-state index is -4.52. The molecule has 6 nitrogen and oxygen atoms in total. The SMILES string of the molecule is COC(=O)N(C(C)C)S(=O)(=O)O. The molecule has 7 heteroatoms. The molecule has 0 aromatic heterocycles. The van der Waals surface area contributed by atoms with Crippen molar-refractivity contribution in [3.8, 4) is 0 Å². The van der Waals surface area contributed by atoms with Crippen LogP contribution in [0.25, 0.3) is 0 Å². The highest BCUT2D eigenvalue weighted by molar-refractivity contribution is 7.84. The number of rotatable bonds is 2. The molecule has 0 radical (unpaired) electrons. The van der Waals surface area contributed by atoms with E-state index >= 15 is 0 Å². The summed E-state index contributed by atoms with van der Waals surface area (Å²) < 4.78 is 34.0. The summed E-state index contributed by atoms with van der Waals surface area (Å²) >= 11 is 0. The Morgan fingerprint density at radius 3 is 2.00 bits per heavy atom. The van der Waals surface area contributed by atoms with Crippen molar-refractivity contribution in [2.24, 2.45) is 0 Å². The molecule has 1 N–H and O–H groups in total. The number of hydrogen-bond acceptors (Lipinski definition) is 4. The van der Waals surface area contributed by atoms with Crippen LogP contribution < -0.4 is 0 Å². The molecular formula is C5H11NO5S. The largest absolute Gasteiger partial charge is 0.452 e. The van der Waals surface area contributed by atoms with Crippen molar-refractivity contribution < 1.29 is 22.5 Å². The smallest absolute Gasteiger partial charge is 0.425 e. The maximum Gasteiger partial charge on any atom is 0.425 e. The van der Waals surface area contributed by atoms with Gasteiger partial charge in [-0.25, -0.2) is 4.79 Å². The van der Waals surface area contributed by atoms with E-state index in [0.717, 1.165) is 7.11 Å². The first-order valence-corrected chi connectivity index (χ1v) is 4.55. The predicted octanol–water partition coefficient (Wildman–Crippen LogP) is 0.266. The van der Waals surface area contributed by atoms with E-state index in [4.69, 9.17) is 4.55 Å². The Hall–Kier alpha value is -0.820. The Kier molecular flexibility index (Phi) is 3.47. The van der Waals surface area contributed by atoms with Gasteiger partial charge in [0.05, 0.1) is 7.11 Å². The molecule has 0 unspecified atom stereocenters. The fourth-order valence-electron chi connectivity index (χ4n) is 0.661. The molecule has 0 fully saturated rings. The molecule has 0 aromatic rings. The lowest BCUT2D eigenvalue weighted by Crippen LogP contribution is -2.41. The van der Waals surface area contributed by atoms with Crippen molar-refractivity contribution in [2.75, 3.05) is 7.11 Å². The topological polar surface area (TPSA) is 83.9 Å². The minimum absolute atomic E-state index is 0.243. The average Bonchev–Trinajstić information content (AvgIpc) is 1.83. The first-order valence-electron chi connectivity index (χ1n) is 3.15. The molecule has 0 saturated carbocycles. The van der Waals surface area contributed by atoms with E-state index in [1.807, 2.05) is 0 Å². The molecule has 0 aliphatic carbocycles. The molecule has 0 aliphatic heterocycles.